The van der Waals surface area contributed by atoms with Gasteiger partial charge < -0.3 is 5.32 Å². The Morgan fingerprint density at radius 3 is 2.12 bits per heavy atom. The molecule has 0 bridgehead atoms. The Balaban J connectivity index is 4.76. The van der Waals surface area contributed by atoms with Gasteiger partial charge in [0.15, 0.2) is 0 Å². The van der Waals surface area contributed by atoms with Crippen molar-refractivity contribution in [2.75, 3.05) is 19.8 Å². The van der Waals surface area contributed by atoms with E-state index in [9.17, 15) is 4.79 Å². The Bertz CT molecular complexity index is 339. The average molecular weight is 246 g/mol. The van der Waals surface area contributed by atoms with Crippen LogP contribution in [0.25, 0.3) is 0 Å². The molecule has 4 heteroatoms. The maximum absolute atomic E-state index is 11.2. The second-order valence-corrected chi connectivity index (χ2v) is 8.72. The lowest BCUT2D eigenvalue weighted by atomic mass is 9.86. The van der Waals surface area contributed by atoms with Gasteiger partial charge in [-0.25, -0.2) is 0 Å². The van der Waals surface area contributed by atoms with Crippen molar-refractivity contribution in [3.63, 3.8) is 0 Å². The van der Waals surface area contributed by atoms with Gasteiger partial charge in [0.25, 0.3) is 0 Å². The molecular formula is C12H26N2OS. The Morgan fingerprint density at radius 2 is 1.88 bits per heavy atom. The highest BCUT2D eigenvalue weighted by Gasteiger charge is 2.26. The van der Waals surface area contributed by atoms with Gasteiger partial charge in [-0.15, -0.1) is 0 Å². The van der Waals surface area contributed by atoms with Crippen molar-refractivity contribution in [2.24, 2.45) is 5.41 Å². The number of carbonyl (C=O) groups excluding carboxylic acids is 1. The van der Waals surface area contributed by atoms with E-state index in [0.717, 1.165) is 6.54 Å². The van der Waals surface area contributed by atoms with E-state index in [-0.39, 0.29) is 17.4 Å². The predicted molar refractivity (Wildman–Crippen MR) is 77.4 cm³/mol. The topological polar surface area (TPSA) is 32.3 Å². The standard InChI is InChI=1S/C12H26N2OS/c1-10(15)13-11(12(2,3)4)9-14(5)16(6,7)8/h11H,6-7,9H2,1-5,8H3,(H,13,15). The molecule has 1 N–H and O–H groups in total. The van der Waals surface area contributed by atoms with Crippen molar-refractivity contribution < 1.29 is 4.79 Å². The van der Waals surface area contributed by atoms with Gasteiger partial charge in [0.1, 0.15) is 0 Å². The molecule has 0 fully saturated rings. The number of rotatable bonds is 4. The molecule has 0 heterocycles. The van der Waals surface area contributed by atoms with Crippen molar-refractivity contribution in [1.82, 2.24) is 9.62 Å². The molecule has 1 unspecified atom stereocenters. The van der Waals surface area contributed by atoms with E-state index in [1.807, 2.05) is 13.3 Å². The lowest BCUT2D eigenvalue weighted by Crippen LogP contribution is -2.48. The zero-order valence-electron chi connectivity index (χ0n) is 11.5. The second-order valence-electron chi connectivity index (χ2n) is 5.65. The van der Waals surface area contributed by atoms with Crippen LogP contribution in [0.15, 0.2) is 0 Å². The maximum atomic E-state index is 11.2. The first-order valence-corrected chi connectivity index (χ1v) is 7.71. The van der Waals surface area contributed by atoms with Gasteiger partial charge >= 0.3 is 0 Å². The fourth-order valence-corrected chi connectivity index (χ4v) is 1.73. The second kappa shape index (κ2) is 5.23. The maximum Gasteiger partial charge on any atom is 0.217 e. The highest BCUT2D eigenvalue weighted by Crippen LogP contribution is 2.25. The number of nitrogens with zero attached hydrogens (tertiary/aromatic N) is 1. The summed E-state index contributed by atoms with van der Waals surface area (Å²) < 4.78 is 2.14. The SMILES string of the molecule is C=S(=C)(C)N(C)CC(NC(C)=O)C(C)(C)C. The van der Waals surface area contributed by atoms with Crippen molar-refractivity contribution in [3.8, 4) is 0 Å². The van der Waals surface area contributed by atoms with Crippen LogP contribution in [0.1, 0.15) is 27.7 Å². The summed E-state index contributed by atoms with van der Waals surface area (Å²) in [5.74, 6) is 8.15. The monoisotopic (exact) mass is 246 g/mol. The first-order valence-electron chi connectivity index (χ1n) is 5.37. The molecular weight excluding hydrogens is 220 g/mol. The van der Waals surface area contributed by atoms with E-state index in [1.165, 1.54) is 0 Å². The number of nitrogens with one attached hydrogen (secondary N) is 1. The molecule has 0 saturated carbocycles. The molecule has 0 aromatic carbocycles. The van der Waals surface area contributed by atoms with Crippen molar-refractivity contribution >= 4 is 27.0 Å². The molecule has 1 amide bonds. The number of carbonyl (C=O) groups is 1. The molecule has 0 aromatic rings. The summed E-state index contributed by atoms with van der Waals surface area (Å²) in [5.41, 5.74) is 0.0324. The summed E-state index contributed by atoms with van der Waals surface area (Å²) >= 11 is 0. The summed E-state index contributed by atoms with van der Waals surface area (Å²) in [7, 11) is 0.798. The third-order valence-electron chi connectivity index (χ3n) is 2.62. The Morgan fingerprint density at radius 1 is 1.44 bits per heavy atom. The zero-order chi connectivity index (χ0) is 13.1. The van der Waals surface area contributed by atoms with Gasteiger partial charge in [-0.05, 0) is 18.7 Å². The fraction of sp³-hybridized carbons (Fsp3) is 0.750. The fourth-order valence-electron chi connectivity index (χ4n) is 1.22. The summed E-state index contributed by atoms with van der Waals surface area (Å²) in [5, 5.41) is 3.00. The summed E-state index contributed by atoms with van der Waals surface area (Å²) in [4.78, 5) is 11.2. The Hall–Kier alpha value is -0.480. The molecule has 0 spiro atoms. The molecule has 16 heavy (non-hydrogen) atoms. The van der Waals surface area contributed by atoms with Crippen molar-refractivity contribution in [3.05, 3.63) is 0 Å². The lowest BCUT2D eigenvalue weighted by Gasteiger charge is -2.36. The van der Waals surface area contributed by atoms with E-state index < -0.39 is 9.39 Å². The molecule has 3 nitrogen and oxygen atoms in total. The molecule has 0 aliphatic heterocycles. The third-order valence-corrected chi connectivity index (χ3v) is 4.27. The van der Waals surface area contributed by atoms with Gasteiger partial charge in [0.2, 0.25) is 5.91 Å². The molecule has 96 valence electrons. The van der Waals surface area contributed by atoms with Gasteiger partial charge in [-0.1, -0.05) is 32.5 Å². The van der Waals surface area contributed by atoms with E-state index in [2.05, 4.69) is 42.1 Å². The van der Waals surface area contributed by atoms with Gasteiger partial charge in [0.05, 0.1) is 0 Å². The minimum Gasteiger partial charge on any atom is -0.352 e. The molecule has 0 radical (unpaired) electrons. The smallest absolute Gasteiger partial charge is 0.217 e. The highest BCUT2D eigenvalue weighted by molar-refractivity contribution is 8.25. The van der Waals surface area contributed by atoms with Crippen molar-refractivity contribution in [2.45, 2.75) is 33.7 Å². The first kappa shape index (κ1) is 15.5. The van der Waals surface area contributed by atoms with Crippen LogP contribution < -0.4 is 5.32 Å². The summed E-state index contributed by atoms with van der Waals surface area (Å²) in [6, 6.07) is 0.116. The molecule has 0 rings (SSSR count). The van der Waals surface area contributed by atoms with Gasteiger partial charge in [-0.2, -0.15) is 9.39 Å². The lowest BCUT2D eigenvalue weighted by molar-refractivity contribution is -0.120. The average Bonchev–Trinajstić information content (AvgIpc) is 1.98. The van der Waals surface area contributed by atoms with Crippen LogP contribution >= 0.6 is 9.39 Å². The Labute approximate surface area is 101 Å². The zero-order valence-corrected chi connectivity index (χ0v) is 12.3. The van der Waals surface area contributed by atoms with Crippen LogP contribution in [0, 0.1) is 5.41 Å². The minimum absolute atomic E-state index is 0.0122. The van der Waals surface area contributed by atoms with Crippen LogP contribution in [0.4, 0.5) is 0 Å². The number of likely N-dealkylation sites (N-methyl/N-ethyl adjacent to an activating group) is 1. The van der Waals surface area contributed by atoms with Crippen LogP contribution in [-0.4, -0.2) is 47.8 Å². The van der Waals surface area contributed by atoms with E-state index in [1.54, 1.807) is 6.92 Å². The van der Waals surface area contributed by atoms with E-state index >= 15 is 0 Å². The summed E-state index contributed by atoms with van der Waals surface area (Å²) in [6.07, 6.45) is 2.04. The number of hydrogen-bond acceptors (Lipinski definition) is 2. The molecule has 1 atom stereocenters. The Kier molecular flexibility index (Phi) is 5.08. The molecule has 0 aliphatic carbocycles. The van der Waals surface area contributed by atoms with E-state index in [4.69, 9.17) is 0 Å². The van der Waals surface area contributed by atoms with Crippen LogP contribution in [0.3, 0.4) is 0 Å². The normalized spacial score (nSPS) is 14.9. The predicted octanol–water partition coefficient (Wildman–Crippen LogP) is 1.68. The minimum atomic E-state index is -1.21. The van der Waals surface area contributed by atoms with E-state index in [0.29, 0.717) is 0 Å². The quantitative estimate of drug-likeness (QED) is 0.766. The molecule has 0 aliphatic rings. The van der Waals surface area contributed by atoms with Crippen LogP contribution in [-0.2, 0) is 4.79 Å². The summed E-state index contributed by atoms with van der Waals surface area (Å²) in [6.45, 7) is 8.71. The van der Waals surface area contributed by atoms with Gasteiger partial charge in [0, 0.05) is 19.5 Å². The number of amides is 1. The molecule has 0 saturated heterocycles. The largest absolute Gasteiger partial charge is 0.352 e. The first-order chi connectivity index (χ1) is 6.94. The van der Waals surface area contributed by atoms with Crippen molar-refractivity contribution in [1.29, 1.82) is 0 Å². The third kappa shape index (κ3) is 5.56. The molecule has 0 aromatic heterocycles. The number of hydrogen-bond donors (Lipinski definition) is 1. The van der Waals surface area contributed by atoms with Crippen LogP contribution in [0.2, 0.25) is 0 Å². The van der Waals surface area contributed by atoms with Gasteiger partial charge in [-0.3, -0.25) is 9.10 Å². The van der Waals surface area contributed by atoms with Crippen LogP contribution in [0.5, 0.6) is 0 Å². The highest BCUT2D eigenvalue weighted by atomic mass is 32.2.